The van der Waals surface area contributed by atoms with Crippen molar-refractivity contribution in [3.05, 3.63) is 59.7 Å². The summed E-state index contributed by atoms with van der Waals surface area (Å²) in [5.74, 6) is -1.40. The van der Waals surface area contributed by atoms with Gasteiger partial charge in [0.2, 0.25) is 5.78 Å². The molecule has 1 heterocycles. The summed E-state index contributed by atoms with van der Waals surface area (Å²) >= 11 is 1.28. The highest BCUT2D eigenvalue weighted by atomic mass is 32.1. The predicted octanol–water partition coefficient (Wildman–Crippen LogP) is 3.72. The maximum atomic E-state index is 12.1. The van der Waals surface area contributed by atoms with E-state index in [1.165, 1.54) is 18.4 Å². The second-order valence-corrected chi connectivity index (χ2v) is 6.60. The second-order valence-electron chi connectivity index (χ2n) is 5.57. The molecule has 7 heteroatoms. The van der Waals surface area contributed by atoms with E-state index >= 15 is 0 Å². The number of hydrogen-bond acceptors (Lipinski definition) is 6. The molecule has 0 unspecified atom stereocenters. The largest absolute Gasteiger partial charge is 0.507 e. The van der Waals surface area contributed by atoms with Crippen LogP contribution in [0.25, 0.3) is 16.0 Å². The van der Waals surface area contributed by atoms with Crippen LogP contribution in [0.2, 0.25) is 0 Å². The van der Waals surface area contributed by atoms with Crippen LogP contribution in [-0.2, 0) is 9.59 Å². The van der Waals surface area contributed by atoms with E-state index in [1.54, 1.807) is 24.3 Å². The number of aromatic nitrogens is 1. The summed E-state index contributed by atoms with van der Waals surface area (Å²) in [5.41, 5.74) is 2.24. The van der Waals surface area contributed by atoms with E-state index in [4.69, 9.17) is 4.74 Å². The van der Waals surface area contributed by atoms with Crippen LogP contribution < -0.4 is 10.1 Å². The molecule has 0 aliphatic heterocycles. The first-order valence-electron chi connectivity index (χ1n) is 7.74. The number of hydrogen-bond donors (Lipinski definition) is 2. The fourth-order valence-corrected chi connectivity index (χ4v) is 3.24. The number of aryl methyl sites for hydroxylation is 1. The maximum Gasteiger partial charge on any atom is 0.298 e. The minimum Gasteiger partial charge on any atom is -0.507 e. The van der Waals surface area contributed by atoms with E-state index in [0.29, 0.717) is 16.4 Å². The maximum absolute atomic E-state index is 12.1. The Morgan fingerprint density at radius 2 is 1.92 bits per heavy atom. The highest BCUT2D eigenvalue weighted by molar-refractivity contribution is 7.22. The highest BCUT2D eigenvalue weighted by Crippen LogP contribution is 2.26. The van der Waals surface area contributed by atoms with Gasteiger partial charge in [0, 0.05) is 11.6 Å². The molecule has 6 nitrogen and oxygen atoms in total. The SMILES string of the molecule is COc1ccc(/C(O)=C/C(=O)C(=O)Nc2nc3ccc(C)cc3s2)cc1. The molecular weight excluding hydrogens is 352 g/mol. The summed E-state index contributed by atoms with van der Waals surface area (Å²) in [6.07, 6.45) is 0.884. The molecule has 0 atom stereocenters. The van der Waals surface area contributed by atoms with E-state index in [9.17, 15) is 14.7 Å². The molecule has 1 aromatic heterocycles. The average Bonchev–Trinajstić information content (AvgIpc) is 3.02. The molecule has 2 aromatic carbocycles. The normalized spacial score (nSPS) is 11.4. The van der Waals surface area contributed by atoms with E-state index in [1.807, 2.05) is 25.1 Å². The molecule has 0 saturated carbocycles. The first-order valence-corrected chi connectivity index (χ1v) is 8.55. The first-order chi connectivity index (χ1) is 12.5. The van der Waals surface area contributed by atoms with E-state index in [2.05, 4.69) is 10.3 Å². The van der Waals surface area contributed by atoms with E-state index in [0.717, 1.165) is 21.9 Å². The lowest BCUT2D eigenvalue weighted by Crippen LogP contribution is -2.21. The zero-order valence-corrected chi connectivity index (χ0v) is 15.0. The van der Waals surface area contributed by atoms with Gasteiger partial charge in [-0.1, -0.05) is 17.4 Å². The summed E-state index contributed by atoms with van der Waals surface area (Å²) in [7, 11) is 1.53. The molecule has 0 aliphatic rings. The van der Waals surface area contributed by atoms with Gasteiger partial charge < -0.3 is 9.84 Å². The molecule has 2 N–H and O–H groups in total. The lowest BCUT2D eigenvalue weighted by Gasteiger charge is -2.03. The van der Waals surface area contributed by atoms with Gasteiger partial charge in [0.05, 0.1) is 17.3 Å². The number of amides is 1. The molecule has 3 rings (SSSR count). The highest BCUT2D eigenvalue weighted by Gasteiger charge is 2.15. The minimum atomic E-state index is -0.867. The van der Waals surface area contributed by atoms with Crippen molar-refractivity contribution in [2.45, 2.75) is 6.92 Å². The van der Waals surface area contributed by atoms with Crippen molar-refractivity contribution in [3.8, 4) is 5.75 Å². The molecule has 0 spiro atoms. The van der Waals surface area contributed by atoms with Gasteiger partial charge >= 0.3 is 0 Å². The zero-order valence-electron chi connectivity index (χ0n) is 14.1. The van der Waals surface area contributed by atoms with Crippen molar-refractivity contribution in [2.24, 2.45) is 0 Å². The molecule has 0 bridgehead atoms. The number of thiazole rings is 1. The van der Waals surface area contributed by atoms with Gasteiger partial charge in [-0.15, -0.1) is 0 Å². The molecule has 0 radical (unpaired) electrons. The van der Waals surface area contributed by atoms with Gasteiger partial charge in [0.1, 0.15) is 11.5 Å². The number of nitrogens with zero attached hydrogens (tertiary/aromatic N) is 1. The van der Waals surface area contributed by atoms with Gasteiger partial charge in [0.25, 0.3) is 5.91 Å². The molecule has 0 fully saturated rings. The standard InChI is InChI=1S/C19H16N2O4S/c1-11-3-8-14-17(9-11)26-19(20-14)21-18(24)16(23)10-15(22)12-4-6-13(25-2)7-5-12/h3-10,22H,1-2H3,(H,20,21,24)/b15-10-. The summed E-state index contributed by atoms with van der Waals surface area (Å²) in [4.78, 5) is 28.4. The first kappa shape index (κ1) is 17.6. The van der Waals surface area contributed by atoms with Crippen molar-refractivity contribution in [1.29, 1.82) is 0 Å². The third-order valence-electron chi connectivity index (χ3n) is 3.64. The number of nitrogens with one attached hydrogen (secondary N) is 1. The zero-order chi connectivity index (χ0) is 18.7. The third-order valence-corrected chi connectivity index (χ3v) is 4.58. The molecule has 3 aromatic rings. The summed E-state index contributed by atoms with van der Waals surface area (Å²) < 4.78 is 5.95. The Labute approximate surface area is 153 Å². The monoisotopic (exact) mass is 368 g/mol. The molecular formula is C19H16N2O4S. The van der Waals surface area contributed by atoms with E-state index in [-0.39, 0.29) is 5.76 Å². The second kappa shape index (κ2) is 7.37. The Morgan fingerprint density at radius 1 is 1.19 bits per heavy atom. The lowest BCUT2D eigenvalue weighted by atomic mass is 10.1. The fraction of sp³-hybridized carbons (Fsp3) is 0.105. The number of aliphatic hydroxyl groups is 1. The van der Waals surface area contributed by atoms with E-state index < -0.39 is 11.7 Å². The number of carbonyl (C=O) groups is 2. The number of fused-ring (bicyclic) bond motifs is 1. The van der Waals surface area contributed by atoms with Gasteiger partial charge in [-0.05, 0) is 48.9 Å². The van der Waals surface area contributed by atoms with Crippen LogP contribution in [0.15, 0.2) is 48.5 Å². The van der Waals surface area contributed by atoms with Crippen molar-refractivity contribution >= 4 is 44.1 Å². The summed E-state index contributed by atoms with van der Waals surface area (Å²) in [6, 6.07) is 12.2. The third kappa shape index (κ3) is 3.89. The van der Waals surface area contributed by atoms with Crippen LogP contribution in [-0.4, -0.2) is 28.9 Å². The number of anilines is 1. The summed E-state index contributed by atoms with van der Waals surface area (Å²) in [6.45, 7) is 1.97. The van der Waals surface area contributed by atoms with Crippen LogP contribution in [0, 0.1) is 6.92 Å². The molecule has 132 valence electrons. The number of benzene rings is 2. The summed E-state index contributed by atoms with van der Waals surface area (Å²) in [5, 5.41) is 12.8. The Morgan fingerprint density at radius 3 is 2.62 bits per heavy atom. The van der Waals surface area contributed by atoms with Gasteiger partial charge in [-0.2, -0.15) is 0 Å². The van der Waals surface area contributed by atoms with Crippen LogP contribution in [0.4, 0.5) is 5.13 Å². The fourth-order valence-electron chi connectivity index (χ4n) is 2.28. The van der Waals surface area contributed by atoms with Crippen LogP contribution in [0.3, 0.4) is 0 Å². The molecule has 0 aliphatic carbocycles. The van der Waals surface area contributed by atoms with Crippen molar-refractivity contribution in [1.82, 2.24) is 4.98 Å². The lowest BCUT2D eigenvalue weighted by molar-refractivity contribution is -0.131. The Kier molecular flexibility index (Phi) is 4.99. The smallest absolute Gasteiger partial charge is 0.298 e. The number of ketones is 1. The van der Waals surface area contributed by atoms with Crippen LogP contribution in [0.1, 0.15) is 11.1 Å². The molecule has 1 amide bonds. The number of carbonyl (C=O) groups excluding carboxylic acids is 2. The van der Waals surface area contributed by atoms with Crippen LogP contribution in [0.5, 0.6) is 5.75 Å². The topological polar surface area (TPSA) is 88.5 Å². The average molecular weight is 368 g/mol. The number of ether oxygens (including phenoxy) is 1. The Balaban J connectivity index is 1.72. The van der Waals surface area contributed by atoms with Gasteiger partial charge in [-0.25, -0.2) is 4.98 Å². The molecule has 0 saturated heterocycles. The van der Waals surface area contributed by atoms with Crippen molar-refractivity contribution in [3.63, 3.8) is 0 Å². The number of methoxy groups -OCH3 is 1. The van der Waals surface area contributed by atoms with Gasteiger partial charge in [0.15, 0.2) is 5.13 Å². The quantitative estimate of drug-likeness (QED) is 0.407. The minimum absolute atomic E-state index is 0.298. The Bertz CT molecular complexity index is 1010. The van der Waals surface area contributed by atoms with Crippen molar-refractivity contribution in [2.75, 3.05) is 12.4 Å². The Hall–Kier alpha value is -3.19. The van der Waals surface area contributed by atoms with Crippen molar-refractivity contribution < 1.29 is 19.4 Å². The number of aliphatic hydroxyl groups excluding tert-OH is 1. The van der Waals surface area contributed by atoms with Crippen LogP contribution >= 0.6 is 11.3 Å². The number of rotatable bonds is 5. The molecule has 26 heavy (non-hydrogen) atoms. The predicted molar refractivity (Wildman–Crippen MR) is 102 cm³/mol. The van der Waals surface area contributed by atoms with Gasteiger partial charge in [-0.3, -0.25) is 14.9 Å².